The van der Waals surface area contributed by atoms with Gasteiger partial charge in [0.25, 0.3) is 5.69 Å². The molecule has 0 fully saturated rings. The maximum absolute atomic E-state index is 12.6. The van der Waals surface area contributed by atoms with Crippen LogP contribution in [0.15, 0.2) is 42.5 Å². The predicted molar refractivity (Wildman–Crippen MR) is 102 cm³/mol. The summed E-state index contributed by atoms with van der Waals surface area (Å²) in [7, 11) is 2.46. The molecular formula is C20H19F3N2O6. The van der Waals surface area contributed by atoms with Crippen molar-refractivity contribution >= 4 is 17.6 Å². The lowest BCUT2D eigenvalue weighted by atomic mass is 10.0. The van der Waals surface area contributed by atoms with Crippen LogP contribution in [-0.2, 0) is 33.3 Å². The highest BCUT2D eigenvalue weighted by atomic mass is 19.4. The number of methoxy groups -OCH3 is 2. The molecule has 8 nitrogen and oxygen atoms in total. The summed E-state index contributed by atoms with van der Waals surface area (Å²) in [6, 6.07) is 6.67. The van der Waals surface area contributed by atoms with Gasteiger partial charge in [-0.05, 0) is 23.8 Å². The summed E-state index contributed by atoms with van der Waals surface area (Å²) in [5, 5.41) is 13.5. The molecule has 11 heteroatoms. The van der Waals surface area contributed by atoms with E-state index in [-0.39, 0.29) is 24.3 Å². The van der Waals surface area contributed by atoms with Gasteiger partial charge in [0.15, 0.2) is 0 Å². The largest absolute Gasteiger partial charge is 0.496 e. The molecule has 0 aliphatic carbocycles. The van der Waals surface area contributed by atoms with Crippen molar-refractivity contribution in [1.29, 1.82) is 0 Å². The Balaban J connectivity index is 2.17. The Kier molecular flexibility index (Phi) is 7.56. The lowest BCUT2D eigenvalue weighted by Gasteiger charge is -2.18. The highest BCUT2D eigenvalue weighted by molar-refractivity contribution is 5.86. The zero-order valence-electron chi connectivity index (χ0n) is 16.6. The number of hydrogen-bond donors (Lipinski definition) is 1. The molecular weight excluding hydrogens is 421 g/mol. The molecule has 1 atom stereocenters. The lowest BCUT2D eigenvalue weighted by Crippen LogP contribution is -2.43. The highest BCUT2D eigenvalue weighted by Gasteiger charge is 2.30. The van der Waals surface area contributed by atoms with Gasteiger partial charge in [-0.15, -0.1) is 0 Å². The number of halogens is 3. The minimum Gasteiger partial charge on any atom is -0.496 e. The number of nitro benzene ring substituents is 1. The number of ether oxygens (including phenoxy) is 2. The molecule has 0 heterocycles. The van der Waals surface area contributed by atoms with Crippen LogP contribution in [0.2, 0.25) is 0 Å². The van der Waals surface area contributed by atoms with Crippen molar-refractivity contribution in [2.24, 2.45) is 0 Å². The Hall–Kier alpha value is -3.63. The molecule has 1 N–H and O–H groups in total. The van der Waals surface area contributed by atoms with E-state index < -0.39 is 34.6 Å². The molecule has 1 amide bonds. The number of nitrogens with one attached hydrogen (secondary N) is 1. The molecule has 166 valence electrons. The van der Waals surface area contributed by atoms with Gasteiger partial charge in [0, 0.05) is 24.1 Å². The number of nitrogens with zero attached hydrogens (tertiary/aromatic N) is 1. The number of rotatable bonds is 8. The first-order chi connectivity index (χ1) is 14.5. The van der Waals surface area contributed by atoms with Crippen molar-refractivity contribution in [3.63, 3.8) is 0 Å². The average Bonchev–Trinajstić information content (AvgIpc) is 2.72. The monoisotopic (exact) mass is 440 g/mol. The molecule has 0 unspecified atom stereocenters. The van der Waals surface area contributed by atoms with Crippen molar-refractivity contribution in [3.8, 4) is 5.75 Å². The summed E-state index contributed by atoms with van der Waals surface area (Å²) in [5.41, 5.74) is -0.471. The Labute approximate surface area is 175 Å². The van der Waals surface area contributed by atoms with Gasteiger partial charge >= 0.3 is 12.1 Å². The second-order valence-corrected chi connectivity index (χ2v) is 6.47. The molecule has 0 aliphatic rings. The maximum Gasteiger partial charge on any atom is 0.416 e. The SMILES string of the molecule is COC(=O)[C@H](Cc1cc([N+](=O)[O-])ccc1OC)NC(=O)Cc1ccc(C(F)(F)F)cc1. The Morgan fingerprint density at radius 1 is 1.13 bits per heavy atom. The number of esters is 1. The maximum atomic E-state index is 12.6. The van der Waals surface area contributed by atoms with E-state index in [2.05, 4.69) is 10.1 Å². The lowest BCUT2D eigenvalue weighted by molar-refractivity contribution is -0.384. The number of carbonyl (C=O) groups excluding carboxylic acids is 2. The first kappa shape index (κ1) is 23.6. The molecule has 2 rings (SSSR count). The number of non-ortho nitro benzene ring substituents is 1. The molecule has 2 aromatic rings. The van der Waals surface area contributed by atoms with E-state index in [0.717, 1.165) is 19.2 Å². The number of benzene rings is 2. The van der Waals surface area contributed by atoms with E-state index in [1.54, 1.807) is 0 Å². The van der Waals surface area contributed by atoms with Crippen molar-refractivity contribution in [1.82, 2.24) is 5.32 Å². The summed E-state index contributed by atoms with van der Waals surface area (Å²) in [6.45, 7) is 0. The Morgan fingerprint density at radius 2 is 1.77 bits per heavy atom. The molecule has 0 saturated heterocycles. The van der Waals surface area contributed by atoms with E-state index in [4.69, 9.17) is 4.74 Å². The van der Waals surface area contributed by atoms with Crippen LogP contribution in [0.1, 0.15) is 16.7 Å². The van der Waals surface area contributed by atoms with E-state index in [0.29, 0.717) is 11.1 Å². The first-order valence-corrected chi connectivity index (χ1v) is 8.89. The molecule has 0 aliphatic heterocycles. The molecule has 0 bridgehead atoms. The first-order valence-electron chi connectivity index (χ1n) is 8.89. The Morgan fingerprint density at radius 3 is 2.29 bits per heavy atom. The average molecular weight is 440 g/mol. The molecule has 0 aromatic heterocycles. The van der Waals surface area contributed by atoms with Crippen LogP contribution in [0.3, 0.4) is 0 Å². The van der Waals surface area contributed by atoms with Gasteiger partial charge in [-0.25, -0.2) is 4.79 Å². The number of nitro groups is 1. The van der Waals surface area contributed by atoms with Crippen LogP contribution >= 0.6 is 0 Å². The van der Waals surface area contributed by atoms with Gasteiger partial charge in [0.2, 0.25) is 5.91 Å². The highest BCUT2D eigenvalue weighted by Crippen LogP contribution is 2.29. The topological polar surface area (TPSA) is 108 Å². The van der Waals surface area contributed by atoms with Crippen molar-refractivity contribution in [2.45, 2.75) is 25.1 Å². The number of carbonyl (C=O) groups is 2. The third-order valence-corrected chi connectivity index (χ3v) is 4.37. The van der Waals surface area contributed by atoms with Gasteiger partial charge in [-0.2, -0.15) is 13.2 Å². The van der Waals surface area contributed by atoms with E-state index in [9.17, 15) is 32.9 Å². The van der Waals surface area contributed by atoms with Crippen molar-refractivity contribution < 1.29 is 37.2 Å². The van der Waals surface area contributed by atoms with Gasteiger partial charge in [0.05, 0.1) is 31.1 Å². The van der Waals surface area contributed by atoms with Gasteiger partial charge in [0.1, 0.15) is 11.8 Å². The normalized spacial score (nSPS) is 12.0. The van der Waals surface area contributed by atoms with Crippen LogP contribution in [0, 0.1) is 10.1 Å². The summed E-state index contributed by atoms with van der Waals surface area (Å²) >= 11 is 0. The van der Waals surface area contributed by atoms with Crippen molar-refractivity contribution in [3.05, 3.63) is 69.3 Å². The minimum atomic E-state index is -4.49. The third-order valence-electron chi connectivity index (χ3n) is 4.37. The standard InChI is InChI=1S/C20H19F3N2O6/c1-30-17-8-7-15(25(28)29)10-13(17)11-16(19(27)31-2)24-18(26)9-12-3-5-14(6-4-12)20(21,22)23/h3-8,10,16H,9,11H2,1-2H3,(H,24,26)/t16-/m0/s1. The van der Waals surface area contributed by atoms with Crippen molar-refractivity contribution in [2.75, 3.05) is 14.2 Å². The Bertz CT molecular complexity index is 960. The zero-order chi connectivity index (χ0) is 23.2. The molecule has 0 saturated carbocycles. The van der Waals surface area contributed by atoms with E-state index >= 15 is 0 Å². The van der Waals surface area contributed by atoms with E-state index in [1.165, 1.54) is 37.4 Å². The third kappa shape index (κ3) is 6.43. The quantitative estimate of drug-likeness (QED) is 0.384. The van der Waals surface area contributed by atoms with Crippen LogP contribution in [0.25, 0.3) is 0 Å². The minimum absolute atomic E-state index is 0.156. The predicted octanol–water partition coefficient (Wildman–Crippen LogP) is 3.07. The number of hydrogen-bond acceptors (Lipinski definition) is 6. The fourth-order valence-electron chi connectivity index (χ4n) is 2.84. The van der Waals surface area contributed by atoms with Crippen LogP contribution in [0.4, 0.5) is 18.9 Å². The summed E-state index contributed by atoms with van der Waals surface area (Å²) in [5.74, 6) is -1.16. The molecule has 2 aromatic carbocycles. The van der Waals surface area contributed by atoms with Gasteiger partial charge < -0.3 is 14.8 Å². The van der Waals surface area contributed by atoms with Gasteiger partial charge in [-0.1, -0.05) is 12.1 Å². The van der Waals surface area contributed by atoms with E-state index in [1.807, 2.05) is 0 Å². The fraction of sp³-hybridized carbons (Fsp3) is 0.300. The van der Waals surface area contributed by atoms with Gasteiger partial charge in [-0.3, -0.25) is 14.9 Å². The molecule has 0 radical (unpaired) electrons. The number of amides is 1. The smallest absolute Gasteiger partial charge is 0.416 e. The summed E-state index contributed by atoms with van der Waals surface area (Å²) < 4.78 is 47.8. The number of alkyl halides is 3. The van der Waals surface area contributed by atoms with Crippen LogP contribution in [-0.4, -0.2) is 37.1 Å². The fourth-order valence-corrected chi connectivity index (χ4v) is 2.84. The second-order valence-electron chi connectivity index (χ2n) is 6.47. The summed E-state index contributed by atoms with van der Waals surface area (Å²) in [6.07, 6.45) is -4.93. The van der Waals surface area contributed by atoms with Crippen LogP contribution in [0.5, 0.6) is 5.75 Å². The molecule has 31 heavy (non-hydrogen) atoms. The molecule has 0 spiro atoms. The summed E-state index contributed by atoms with van der Waals surface area (Å²) in [4.78, 5) is 34.9. The zero-order valence-corrected chi connectivity index (χ0v) is 16.6. The second kappa shape index (κ2) is 9.92. The van der Waals surface area contributed by atoms with Crippen LogP contribution < -0.4 is 10.1 Å².